The number of likely N-dealkylation sites (N-methyl/N-ethyl adjacent to an activating group) is 1. The number of hydrogen-bond donors (Lipinski definition) is 2. The van der Waals surface area contributed by atoms with Crippen molar-refractivity contribution in [1.29, 1.82) is 0 Å². The van der Waals surface area contributed by atoms with Crippen molar-refractivity contribution in [2.45, 2.75) is 58.0 Å². The lowest BCUT2D eigenvalue weighted by atomic mass is 10.3. The molecule has 6 heteroatoms. The number of carbonyl (C=O) groups excluding carboxylic acids is 1. The van der Waals surface area contributed by atoms with Gasteiger partial charge in [0.2, 0.25) is 5.91 Å². The molecule has 0 bridgehead atoms. The van der Waals surface area contributed by atoms with Crippen molar-refractivity contribution in [3.05, 3.63) is 0 Å². The molecule has 23 heavy (non-hydrogen) atoms. The second-order valence-corrected chi connectivity index (χ2v) is 6.73. The maximum atomic E-state index is 11.6. The molecule has 1 aliphatic carbocycles. The van der Waals surface area contributed by atoms with Crippen molar-refractivity contribution in [1.82, 2.24) is 20.4 Å². The lowest BCUT2D eigenvalue weighted by Crippen LogP contribution is -2.40. The van der Waals surface area contributed by atoms with Crippen LogP contribution in [0.4, 0.5) is 0 Å². The lowest BCUT2D eigenvalue weighted by molar-refractivity contribution is -0.127. The highest BCUT2D eigenvalue weighted by Gasteiger charge is 2.28. The first-order valence-electron chi connectivity index (χ1n) is 9.13. The summed E-state index contributed by atoms with van der Waals surface area (Å²) in [6.45, 7) is 8.63. The third kappa shape index (κ3) is 6.01. The van der Waals surface area contributed by atoms with Crippen molar-refractivity contribution in [3.63, 3.8) is 0 Å². The Morgan fingerprint density at radius 3 is 2.83 bits per heavy atom. The summed E-state index contributed by atoms with van der Waals surface area (Å²) in [5, 5.41) is 6.68. The second kappa shape index (κ2) is 9.11. The summed E-state index contributed by atoms with van der Waals surface area (Å²) in [5.74, 6) is 1.19. The van der Waals surface area contributed by atoms with E-state index >= 15 is 0 Å². The van der Waals surface area contributed by atoms with Crippen LogP contribution in [0.3, 0.4) is 0 Å². The smallest absolute Gasteiger partial charge is 0.222 e. The Morgan fingerprint density at radius 2 is 2.22 bits per heavy atom. The van der Waals surface area contributed by atoms with E-state index in [9.17, 15) is 4.79 Å². The van der Waals surface area contributed by atoms with Crippen LogP contribution < -0.4 is 10.6 Å². The number of likely N-dealkylation sites (tertiary alicyclic amines) is 1. The fraction of sp³-hybridized carbons (Fsp3) is 0.882. The van der Waals surface area contributed by atoms with Crippen LogP contribution in [0.15, 0.2) is 4.99 Å². The highest BCUT2D eigenvalue weighted by molar-refractivity contribution is 5.79. The van der Waals surface area contributed by atoms with Crippen LogP contribution in [0.5, 0.6) is 0 Å². The number of carbonyl (C=O) groups is 1. The molecule has 1 saturated heterocycles. The summed E-state index contributed by atoms with van der Waals surface area (Å²) in [5.41, 5.74) is 0. The monoisotopic (exact) mass is 323 g/mol. The Balaban J connectivity index is 1.67. The van der Waals surface area contributed by atoms with Gasteiger partial charge in [0.15, 0.2) is 5.96 Å². The number of amides is 1. The molecular formula is C17H33N5O. The molecule has 2 N–H and O–H groups in total. The third-order valence-electron chi connectivity index (χ3n) is 4.74. The zero-order chi connectivity index (χ0) is 16.7. The van der Waals surface area contributed by atoms with Crippen molar-refractivity contribution in [2.75, 3.05) is 39.8 Å². The van der Waals surface area contributed by atoms with Crippen molar-refractivity contribution >= 4 is 11.9 Å². The van der Waals surface area contributed by atoms with Gasteiger partial charge in [0.05, 0.1) is 6.54 Å². The molecule has 0 aromatic carbocycles. The predicted octanol–water partition coefficient (Wildman–Crippen LogP) is 1.04. The van der Waals surface area contributed by atoms with Crippen LogP contribution in [0, 0.1) is 0 Å². The standard InChI is InChI=1S/C17H33N5O/c1-4-18-17(20-13-14(2)21(3)15-8-9-15)19-10-6-12-22-11-5-7-16(22)23/h14-15H,4-13H2,1-3H3,(H2,18,19,20). The first-order valence-corrected chi connectivity index (χ1v) is 9.13. The number of guanidine groups is 1. The van der Waals surface area contributed by atoms with E-state index in [4.69, 9.17) is 4.99 Å². The van der Waals surface area contributed by atoms with Gasteiger partial charge in [0.1, 0.15) is 0 Å². The van der Waals surface area contributed by atoms with E-state index < -0.39 is 0 Å². The first kappa shape index (κ1) is 18.0. The number of nitrogens with zero attached hydrogens (tertiary/aromatic N) is 3. The minimum atomic E-state index is 0.308. The average molecular weight is 323 g/mol. The van der Waals surface area contributed by atoms with E-state index in [2.05, 4.69) is 36.4 Å². The Hall–Kier alpha value is -1.30. The van der Waals surface area contributed by atoms with Crippen LogP contribution in [0.25, 0.3) is 0 Å². The maximum absolute atomic E-state index is 11.6. The number of rotatable bonds is 9. The van der Waals surface area contributed by atoms with E-state index in [1.165, 1.54) is 12.8 Å². The molecule has 6 nitrogen and oxygen atoms in total. The van der Waals surface area contributed by atoms with Gasteiger partial charge in [0, 0.05) is 44.7 Å². The second-order valence-electron chi connectivity index (χ2n) is 6.73. The van der Waals surface area contributed by atoms with Crippen LogP contribution in [-0.4, -0.2) is 73.5 Å². The lowest BCUT2D eigenvalue weighted by Gasteiger charge is -2.23. The third-order valence-corrected chi connectivity index (χ3v) is 4.74. The van der Waals surface area contributed by atoms with Crippen LogP contribution in [0.2, 0.25) is 0 Å². The molecule has 2 rings (SSSR count). The molecule has 132 valence electrons. The Labute approximate surface area is 140 Å². The Kier molecular flexibility index (Phi) is 7.15. The van der Waals surface area contributed by atoms with Gasteiger partial charge >= 0.3 is 0 Å². The molecule has 1 aliphatic heterocycles. The quantitative estimate of drug-likeness (QED) is 0.378. The topological polar surface area (TPSA) is 60.0 Å². The molecule has 0 aromatic rings. The van der Waals surface area contributed by atoms with E-state index in [0.717, 1.165) is 64.0 Å². The number of hydrogen-bond acceptors (Lipinski definition) is 3. The van der Waals surface area contributed by atoms with Gasteiger partial charge in [-0.3, -0.25) is 14.7 Å². The fourth-order valence-electron chi connectivity index (χ4n) is 2.95. The summed E-state index contributed by atoms with van der Waals surface area (Å²) in [7, 11) is 2.20. The molecule has 0 aromatic heterocycles. The molecule has 1 heterocycles. The van der Waals surface area contributed by atoms with Crippen LogP contribution in [0.1, 0.15) is 46.0 Å². The predicted molar refractivity (Wildman–Crippen MR) is 94.7 cm³/mol. The van der Waals surface area contributed by atoms with Gasteiger partial charge in [-0.25, -0.2) is 0 Å². The van der Waals surface area contributed by atoms with Gasteiger partial charge in [-0.2, -0.15) is 0 Å². The fourth-order valence-corrected chi connectivity index (χ4v) is 2.95. The summed E-state index contributed by atoms with van der Waals surface area (Å²) >= 11 is 0. The highest BCUT2D eigenvalue weighted by atomic mass is 16.2. The number of aliphatic imine (C=N–C) groups is 1. The van der Waals surface area contributed by atoms with Gasteiger partial charge < -0.3 is 15.5 Å². The van der Waals surface area contributed by atoms with Gasteiger partial charge in [0.25, 0.3) is 0 Å². The van der Waals surface area contributed by atoms with Crippen LogP contribution in [-0.2, 0) is 4.79 Å². The first-order chi connectivity index (χ1) is 11.1. The molecule has 0 spiro atoms. The van der Waals surface area contributed by atoms with Gasteiger partial charge in [-0.1, -0.05) is 0 Å². The molecular weight excluding hydrogens is 290 g/mol. The molecule has 0 radical (unpaired) electrons. The highest BCUT2D eigenvalue weighted by Crippen LogP contribution is 2.26. The zero-order valence-corrected chi connectivity index (χ0v) is 15.0. The van der Waals surface area contributed by atoms with Crippen molar-refractivity contribution in [2.24, 2.45) is 4.99 Å². The van der Waals surface area contributed by atoms with Crippen molar-refractivity contribution in [3.8, 4) is 0 Å². The van der Waals surface area contributed by atoms with Crippen molar-refractivity contribution < 1.29 is 4.79 Å². The summed E-state index contributed by atoms with van der Waals surface area (Å²) in [6.07, 6.45) is 5.37. The summed E-state index contributed by atoms with van der Waals surface area (Å²) < 4.78 is 0. The summed E-state index contributed by atoms with van der Waals surface area (Å²) in [6, 6.07) is 1.24. The van der Waals surface area contributed by atoms with E-state index in [1.54, 1.807) is 0 Å². The van der Waals surface area contributed by atoms with Gasteiger partial charge in [-0.05, 0) is 46.6 Å². The van der Waals surface area contributed by atoms with Crippen LogP contribution >= 0.6 is 0 Å². The molecule has 1 atom stereocenters. The minimum Gasteiger partial charge on any atom is -0.357 e. The largest absolute Gasteiger partial charge is 0.357 e. The normalized spacial score (nSPS) is 20.3. The number of nitrogens with one attached hydrogen (secondary N) is 2. The van der Waals surface area contributed by atoms with E-state index in [0.29, 0.717) is 11.9 Å². The van der Waals surface area contributed by atoms with E-state index in [1.807, 2.05) is 4.90 Å². The molecule has 2 aliphatic rings. The van der Waals surface area contributed by atoms with Gasteiger partial charge in [-0.15, -0.1) is 0 Å². The molecule has 1 saturated carbocycles. The summed E-state index contributed by atoms with van der Waals surface area (Å²) in [4.78, 5) is 20.7. The zero-order valence-electron chi connectivity index (χ0n) is 15.0. The molecule has 1 amide bonds. The molecule has 2 fully saturated rings. The average Bonchev–Trinajstić information content (AvgIpc) is 3.31. The Bertz CT molecular complexity index is 408. The minimum absolute atomic E-state index is 0.308. The van der Waals surface area contributed by atoms with E-state index in [-0.39, 0.29) is 0 Å². The Morgan fingerprint density at radius 1 is 1.43 bits per heavy atom. The maximum Gasteiger partial charge on any atom is 0.222 e. The molecule has 1 unspecified atom stereocenters. The SMILES string of the molecule is CCNC(=NCC(C)N(C)C1CC1)NCCCN1CCCC1=O.